The van der Waals surface area contributed by atoms with E-state index in [0.29, 0.717) is 5.02 Å². The normalized spacial score (nSPS) is 12.4. The molecule has 144 valence electrons. The maximum absolute atomic E-state index is 12.7. The molecular weight excluding hydrogens is 396 g/mol. The van der Waals surface area contributed by atoms with Gasteiger partial charge in [0, 0.05) is 11.2 Å². The molecular formula is C17H17ClN2O6S. The van der Waals surface area contributed by atoms with E-state index < -0.39 is 33.9 Å². The number of carbonyl (C=O) groups excluding carboxylic acids is 2. The standard InChI is InChI=1S/C17H17ClN2O6S/c1-25-16(21)14(17(22)26-2)15(11-6-5-7-12(18)10-11)20-27(23,24)13-8-3-4-9-19-13/h3-10,14-15,20H,1-2H3/t15-/m1/s1. The Labute approximate surface area is 161 Å². The second-order valence-electron chi connectivity index (χ2n) is 5.35. The molecule has 1 aromatic heterocycles. The smallest absolute Gasteiger partial charge is 0.322 e. The lowest BCUT2D eigenvalue weighted by atomic mass is 9.94. The van der Waals surface area contributed by atoms with E-state index in [4.69, 9.17) is 11.6 Å². The van der Waals surface area contributed by atoms with Gasteiger partial charge >= 0.3 is 11.9 Å². The highest BCUT2D eigenvalue weighted by molar-refractivity contribution is 7.89. The number of sulfonamides is 1. The number of halogens is 1. The number of ether oxygens (including phenoxy) is 2. The third kappa shape index (κ3) is 5.03. The van der Waals surface area contributed by atoms with Crippen molar-refractivity contribution in [2.24, 2.45) is 5.92 Å². The van der Waals surface area contributed by atoms with Crippen molar-refractivity contribution in [3.05, 3.63) is 59.2 Å². The zero-order valence-corrected chi connectivity index (χ0v) is 16.0. The minimum atomic E-state index is -4.17. The van der Waals surface area contributed by atoms with Gasteiger partial charge in [0.25, 0.3) is 10.0 Å². The van der Waals surface area contributed by atoms with Crippen LogP contribution in [0.3, 0.4) is 0 Å². The van der Waals surface area contributed by atoms with Crippen molar-refractivity contribution in [2.45, 2.75) is 11.1 Å². The molecule has 1 heterocycles. The molecule has 0 aliphatic heterocycles. The predicted molar refractivity (Wildman–Crippen MR) is 96.3 cm³/mol. The Balaban J connectivity index is 2.56. The summed E-state index contributed by atoms with van der Waals surface area (Å²) in [5, 5.41) is 0.0218. The lowest BCUT2D eigenvalue weighted by Gasteiger charge is -2.24. The molecule has 0 saturated heterocycles. The van der Waals surface area contributed by atoms with Gasteiger partial charge in [-0.1, -0.05) is 29.8 Å². The van der Waals surface area contributed by atoms with E-state index in [0.717, 1.165) is 14.2 Å². The first-order chi connectivity index (χ1) is 12.8. The summed E-state index contributed by atoms with van der Waals surface area (Å²) in [5.41, 5.74) is 0.280. The molecule has 0 fully saturated rings. The number of carbonyl (C=O) groups is 2. The summed E-state index contributed by atoms with van der Waals surface area (Å²) in [6.45, 7) is 0. The Morgan fingerprint density at radius 1 is 1.07 bits per heavy atom. The lowest BCUT2D eigenvalue weighted by Crippen LogP contribution is -2.41. The molecule has 2 rings (SSSR count). The van der Waals surface area contributed by atoms with Gasteiger partial charge in [-0.25, -0.2) is 18.1 Å². The topological polar surface area (TPSA) is 112 Å². The van der Waals surface area contributed by atoms with Crippen molar-refractivity contribution >= 4 is 33.6 Å². The molecule has 8 nitrogen and oxygen atoms in total. The van der Waals surface area contributed by atoms with E-state index in [-0.39, 0.29) is 10.6 Å². The molecule has 1 N–H and O–H groups in total. The fourth-order valence-corrected chi connectivity index (χ4v) is 3.77. The molecule has 0 amide bonds. The molecule has 0 saturated carbocycles. The highest BCUT2D eigenvalue weighted by Gasteiger charge is 2.40. The van der Waals surface area contributed by atoms with Crippen molar-refractivity contribution in [1.29, 1.82) is 0 Å². The summed E-state index contributed by atoms with van der Waals surface area (Å²) in [5.74, 6) is -3.51. The largest absolute Gasteiger partial charge is 0.468 e. The van der Waals surface area contributed by atoms with Crippen LogP contribution in [0.25, 0.3) is 0 Å². The number of aromatic nitrogens is 1. The van der Waals surface area contributed by atoms with Gasteiger partial charge < -0.3 is 9.47 Å². The monoisotopic (exact) mass is 412 g/mol. The minimum absolute atomic E-state index is 0.273. The Morgan fingerprint density at radius 3 is 2.26 bits per heavy atom. The first-order valence-corrected chi connectivity index (χ1v) is 9.50. The van der Waals surface area contributed by atoms with Gasteiger partial charge in [0.1, 0.15) is 0 Å². The van der Waals surface area contributed by atoms with Crippen LogP contribution in [-0.4, -0.2) is 39.6 Å². The minimum Gasteiger partial charge on any atom is -0.468 e. The average molecular weight is 413 g/mol. The number of benzene rings is 1. The number of nitrogens with zero attached hydrogens (tertiary/aromatic N) is 1. The molecule has 0 radical (unpaired) electrons. The van der Waals surface area contributed by atoms with Gasteiger partial charge in [0.15, 0.2) is 10.9 Å². The van der Waals surface area contributed by atoms with Crippen LogP contribution in [0.1, 0.15) is 11.6 Å². The quantitative estimate of drug-likeness (QED) is 0.544. The van der Waals surface area contributed by atoms with E-state index in [1.54, 1.807) is 18.2 Å². The zero-order valence-electron chi connectivity index (χ0n) is 14.5. The molecule has 27 heavy (non-hydrogen) atoms. The highest BCUT2D eigenvalue weighted by atomic mass is 35.5. The SMILES string of the molecule is COC(=O)C(C(=O)OC)[C@H](NS(=O)(=O)c1ccccn1)c1cccc(Cl)c1. The van der Waals surface area contributed by atoms with Crippen molar-refractivity contribution in [2.75, 3.05) is 14.2 Å². The van der Waals surface area contributed by atoms with Crippen LogP contribution >= 0.6 is 11.6 Å². The van der Waals surface area contributed by atoms with Crippen LogP contribution < -0.4 is 4.72 Å². The molecule has 0 bridgehead atoms. The van der Waals surface area contributed by atoms with Gasteiger partial charge in [-0.3, -0.25) is 9.59 Å². The van der Waals surface area contributed by atoms with Crippen molar-refractivity contribution < 1.29 is 27.5 Å². The van der Waals surface area contributed by atoms with Crippen LogP contribution in [0.5, 0.6) is 0 Å². The number of methoxy groups -OCH3 is 2. The summed E-state index contributed by atoms with van der Waals surface area (Å²) >= 11 is 5.99. The molecule has 0 spiro atoms. The summed E-state index contributed by atoms with van der Waals surface area (Å²) in [6.07, 6.45) is 1.31. The van der Waals surface area contributed by atoms with Crippen LogP contribution in [0.15, 0.2) is 53.7 Å². The second kappa shape index (κ2) is 8.94. The van der Waals surface area contributed by atoms with Crippen molar-refractivity contribution in [3.8, 4) is 0 Å². The van der Waals surface area contributed by atoms with Crippen molar-refractivity contribution in [1.82, 2.24) is 9.71 Å². The van der Waals surface area contributed by atoms with E-state index >= 15 is 0 Å². The van der Waals surface area contributed by atoms with E-state index in [1.807, 2.05) is 0 Å². The van der Waals surface area contributed by atoms with Gasteiger partial charge in [-0.05, 0) is 29.8 Å². The van der Waals surface area contributed by atoms with Crippen LogP contribution in [-0.2, 0) is 29.1 Å². The Kier molecular flexibility index (Phi) is 6.89. The number of hydrogen-bond donors (Lipinski definition) is 1. The zero-order chi connectivity index (χ0) is 20.0. The van der Waals surface area contributed by atoms with Crippen LogP contribution in [0.4, 0.5) is 0 Å². The fourth-order valence-electron chi connectivity index (χ4n) is 2.38. The summed E-state index contributed by atoms with van der Waals surface area (Å²) in [6, 6.07) is 9.10. The third-order valence-electron chi connectivity index (χ3n) is 3.65. The Hall–Kier alpha value is -2.49. The van der Waals surface area contributed by atoms with E-state index in [2.05, 4.69) is 19.2 Å². The predicted octanol–water partition coefficient (Wildman–Crippen LogP) is 1.72. The maximum atomic E-state index is 12.7. The summed E-state index contributed by atoms with van der Waals surface area (Å²) in [4.78, 5) is 28.3. The molecule has 10 heteroatoms. The molecule has 2 aromatic rings. The average Bonchev–Trinajstić information content (AvgIpc) is 2.67. The second-order valence-corrected chi connectivity index (χ2v) is 7.44. The maximum Gasteiger partial charge on any atom is 0.322 e. The number of pyridine rings is 1. The molecule has 0 unspecified atom stereocenters. The van der Waals surface area contributed by atoms with E-state index in [9.17, 15) is 18.0 Å². The van der Waals surface area contributed by atoms with Gasteiger partial charge in [0.2, 0.25) is 0 Å². The van der Waals surface area contributed by atoms with E-state index in [1.165, 1.54) is 30.5 Å². The number of rotatable bonds is 7. The highest BCUT2D eigenvalue weighted by Crippen LogP contribution is 2.28. The van der Waals surface area contributed by atoms with Gasteiger partial charge in [-0.2, -0.15) is 0 Å². The molecule has 1 atom stereocenters. The Morgan fingerprint density at radius 2 is 1.74 bits per heavy atom. The summed E-state index contributed by atoms with van der Waals surface area (Å²) < 4.78 is 37.1. The van der Waals surface area contributed by atoms with Crippen LogP contribution in [0.2, 0.25) is 5.02 Å². The third-order valence-corrected chi connectivity index (χ3v) is 5.24. The lowest BCUT2D eigenvalue weighted by molar-refractivity contribution is -0.160. The fraction of sp³-hybridized carbons (Fsp3) is 0.235. The molecule has 0 aliphatic carbocycles. The van der Waals surface area contributed by atoms with Gasteiger partial charge in [-0.15, -0.1) is 0 Å². The first kappa shape index (κ1) is 20.8. The summed E-state index contributed by atoms with van der Waals surface area (Å²) in [7, 11) is -2.00. The number of nitrogens with one attached hydrogen (secondary N) is 1. The van der Waals surface area contributed by atoms with Crippen LogP contribution in [0, 0.1) is 5.92 Å². The van der Waals surface area contributed by atoms with Crippen molar-refractivity contribution in [3.63, 3.8) is 0 Å². The molecule has 0 aliphatic rings. The van der Waals surface area contributed by atoms with Gasteiger partial charge in [0.05, 0.1) is 20.3 Å². The molecule has 1 aromatic carbocycles. The first-order valence-electron chi connectivity index (χ1n) is 7.64. The Bertz CT molecular complexity index is 904. The number of hydrogen-bond acceptors (Lipinski definition) is 7. The number of esters is 2.